The van der Waals surface area contributed by atoms with E-state index in [0.717, 1.165) is 11.8 Å². The van der Waals surface area contributed by atoms with Gasteiger partial charge in [-0.15, -0.1) is 11.6 Å². The van der Waals surface area contributed by atoms with Gasteiger partial charge in [-0.05, 0) is 31.1 Å². The fourth-order valence-electron chi connectivity index (χ4n) is 2.42. The molecule has 1 saturated carbocycles. The summed E-state index contributed by atoms with van der Waals surface area (Å²) in [5, 5.41) is 0.475. The van der Waals surface area contributed by atoms with Crippen LogP contribution in [-0.2, 0) is 0 Å². The summed E-state index contributed by atoms with van der Waals surface area (Å²) in [4.78, 5) is 0. The Kier molecular flexibility index (Phi) is 4.42. The number of rotatable bonds is 3. The van der Waals surface area contributed by atoms with Crippen molar-refractivity contribution in [3.63, 3.8) is 0 Å². The van der Waals surface area contributed by atoms with Crippen LogP contribution in [0.5, 0.6) is 0 Å². The van der Waals surface area contributed by atoms with E-state index < -0.39 is 0 Å². The van der Waals surface area contributed by atoms with Crippen LogP contribution in [0.2, 0.25) is 0 Å². The Morgan fingerprint density at radius 2 is 2.00 bits per heavy atom. The number of hydrogen-bond donors (Lipinski definition) is 0. The van der Waals surface area contributed by atoms with Gasteiger partial charge < -0.3 is 0 Å². The van der Waals surface area contributed by atoms with E-state index in [9.17, 15) is 0 Å². The average Bonchev–Trinajstić information content (AvgIpc) is 2.09. The zero-order valence-corrected chi connectivity index (χ0v) is 9.11. The van der Waals surface area contributed by atoms with Crippen LogP contribution in [0.25, 0.3) is 0 Å². The van der Waals surface area contributed by atoms with Gasteiger partial charge in [0.2, 0.25) is 0 Å². The summed E-state index contributed by atoms with van der Waals surface area (Å²) in [7, 11) is 0. The zero-order valence-electron chi connectivity index (χ0n) is 8.35. The van der Waals surface area contributed by atoms with Crippen LogP contribution in [0.4, 0.5) is 0 Å². The third kappa shape index (κ3) is 2.65. The first kappa shape index (κ1) is 10.4. The molecule has 0 aliphatic heterocycles. The van der Waals surface area contributed by atoms with E-state index >= 15 is 0 Å². The van der Waals surface area contributed by atoms with Crippen molar-refractivity contribution in [3.8, 4) is 0 Å². The maximum atomic E-state index is 6.25. The Morgan fingerprint density at radius 1 is 1.25 bits per heavy atom. The Morgan fingerprint density at radius 3 is 2.58 bits per heavy atom. The molecule has 0 heterocycles. The van der Waals surface area contributed by atoms with E-state index in [4.69, 9.17) is 11.6 Å². The van der Waals surface area contributed by atoms with Gasteiger partial charge in [0, 0.05) is 5.38 Å². The molecule has 12 heavy (non-hydrogen) atoms. The Balaban J connectivity index is 2.33. The van der Waals surface area contributed by atoms with Gasteiger partial charge in [-0.25, -0.2) is 0 Å². The van der Waals surface area contributed by atoms with Crippen molar-refractivity contribution < 1.29 is 0 Å². The highest BCUT2D eigenvalue weighted by molar-refractivity contribution is 6.20. The van der Waals surface area contributed by atoms with E-state index in [0.29, 0.717) is 5.38 Å². The summed E-state index contributed by atoms with van der Waals surface area (Å²) in [6.07, 6.45) is 8.05. The Bertz CT molecular complexity index is 122. The highest BCUT2D eigenvalue weighted by Crippen LogP contribution is 2.36. The molecule has 3 unspecified atom stereocenters. The van der Waals surface area contributed by atoms with Crippen molar-refractivity contribution in [3.05, 3.63) is 0 Å². The first-order valence-corrected chi connectivity index (χ1v) is 5.85. The molecule has 0 aromatic carbocycles. The number of hydrogen-bond acceptors (Lipinski definition) is 0. The lowest BCUT2D eigenvalue weighted by molar-refractivity contribution is 0.253. The van der Waals surface area contributed by atoms with E-state index in [-0.39, 0.29) is 0 Å². The summed E-state index contributed by atoms with van der Waals surface area (Å²) in [6, 6.07) is 0. The van der Waals surface area contributed by atoms with Crippen LogP contribution in [0.1, 0.15) is 52.4 Å². The van der Waals surface area contributed by atoms with Crippen molar-refractivity contribution in [1.29, 1.82) is 0 Å². The van der Waals surface area contributed by atoms with Crippen LogP contribution in [-0.4, -0.2) is 5.38 Å². The minimum Gasteiger partial charge on any atom is -0.123 e. The summed E-state index contributed by atoms with van der Waals surface area (Å²) < 4.78 is 0. The topological polar surface area (TPSA) is 0 Å². The SMILES string of the molecule is CCCC1CCC(Cl)C(CC)C1. The lowest BCUT2D eigenvalue weighted by Gasteiger charge is -2.32. The maximum absolute atomic E-state index is 6.25. The van der Waals surface area contributed by atoms with E-state index in [1.165, 1.54) is 38.5 Å². The second-order valence-corrected chi connectivity index (χ2v) is 4.71. The standard InChI is InChI=1S/C11H21Cl/c1-3-5-9-6-7-11(12)10(4-2)8-9/h9-11H,3-8H2,1-2H3. The molecule has 0 radical (unpaired) electrons. The van der Waals surface area contributed by atoms with Gasteiger partial charge in [0.05, 0.1) is 0 Å². The fourth-order valence-corrected chi connectivity index (χ4v) is 2.82. The maximum Gasteiger partial charge on any atom is 0.0364 e. The Hall–Kier alpha value is 0.290. The first-order valence-electron chi connectivity index (χ1n) is 5.42. The largest absolute Gasteiger partial charge is 0.123 e. The molecule has 0 amide bonds. The molecule has 1 rings (SSSR count). The van der Waals surface area contributed by atoms with Gasteiger partial charge in [-0.2, -0.15) is 0 Å². The van der Waals surface area contributed by atoms with Gasteiger partial charge in [-0.3, -0.25) is 0 Å². The lowest BCUT2D eigenvalue weighted by Crippen LogP contribution is -2.24. The van der Waals surface area contributed by atoms with Crippen molar-refractivity contribution in [2.24, 2.45) is 11.8 Å². The summed E-state index contributed by atoms with van der Waals surface area (Å²) >= 11 is 6.25. The normalized spacial score (nSPS) is 36.8. The van der Waals surface area contributed by atoms with Crippen molar-refractivity contribution in [1.82, 2.24) is 0 Å². The molecular formula is C11H21Cl. The van der Waals surface area contributed by atoms with E-state index in [1.54, 1.807) is 0 Å². The van der Waals surface area contributed by atoms with Gasteiger partial charge in [0.1, 0.15) is 0 Å². The second kappa shape index (κ2) is 5.11. The van der Waals surface area contributed by atoms with Gasteiger partial charge in [0.15, 0.2) is 0 Å². The van der Waals surface area contributed by atoms with E-state index in [1.807, 2.05) is 0 Å². The molecule has 0 saturated heterocycles. The van der Waals surface area contributed by atoms with Crippen molar-refractivity contribution in [2.45, 2.75) is 57.7 Å². The minimum atomic E-state index is 0.475. The zero-order chi connectivity index (χ0) is 8.97. The second-order valence-electron chi connectivity index (χ2n) is 4.15. The molecule has 0 aromatic heterocycles. The van der Waals surface area contributed by atoms with Crippen LogP contribution >= 0.6 is 11.6 Å². The molecule has 1 heteroatoms. The molecule has 0 bridgehead atoms. The number of alkyl halides is 1. The predicted octanol–water partition coefficient (Wildman–Crippen LogP) is 4.22. The summed E-state index contributed by atoms with van der Waals surface area (Å²) in [5.74, 6) is 1.78. The third-order valence-electron chi connectivity index (χ3n) is 3.22. The molecule has 0 N–H and O–H groups in total. The molecular weight excluding hydrogens is 168 g/mol. The highest BCUT2D eigenvalue weighted by atomic mass is 35.5. The molecule has 3 atom stereocenters. The van der Waals surface area contributed by atoms with Crippen molar-refractivity contribution >= 4 is 11.6 Å². The van der Waals surface area contributed by atoms with Gasteiger partial charge in [-0.1, -0.05) is 33.1 Å². The first-order chi connectivity index (χ1) is 5.77. The van der Waals surface area contributed by atoms with Gasteiger partial charge >= 0.3 is 0 Å². The predicted molar refractivity (Wildman–Crippen MR) is 55.7 cm³/mol. The molecule has 1 aliphatic rings. The third-order valence-corrected chi connectivity index (χ3v) is 3.79. The average molecular weight is 189 g/mol. The molecule has 0 aromatic rings. The quantitative estimate of drug-likeness (QED) is 0.582. The number of halogens is 1. The monoisotopic (exact) mass is 188 g/mol. The molecule has 1 fully saturated rings. The fraction of sp³-hybridized carbons (Fsp3) is 1.00. The molecule has 1 aliphatic carbocycles. The molecule has 72 valence electrons. The molecule has 0 spiro atoms. The Labute approximate surface area is 81.7 Å². The van der Waals surface area contributed by atoms with Crippen LogP contribution in [0.3, 0.4) is 0 Å². The lowest BCUT2D eigenvalue weighted by atomic mass is 9.78. The highest BCUT2D eigenvalue weighted by Gasteiger charge is 2.26. The van der Waals surface area contributed by atoms with Crippen molar-refractivity contribution in [2.75, 3.05) is 0 Å². The van der Waals surface area contributed by atoms with Crippen LogP contribution in [0, 0.1) is 11.8 Å². The van der Waals surface area contributed by atoms with E-state index in [2.05, 4.69) is 13.8 Å². The van der Waals surface area contributed by atoms with Gasteiger partial charge in [0.25, 0.3) is 0 Å². The minimum absolute atomic E-state index is 0.475. The van der Waals surface area contributed by atoms with Crippen LogP contribution < -0.4 is 0 Å². The smallest absolute Gasteiger partial charge is 0.0364 e. The van der Waals surface area contributed by atoms with Crippen LogP contribution in [0.15, 0.2) is 0 Å². The summed E-state index contributed by atoms with van der Waals surface area (Å²) in [6.45, 7) is 4.56. The summed E-state index contributed by atoms with van der Waals surface area (Å²) in [5.41, 5.74) is 0. The molecule has 0 nitrogen and oxygen atoms in total.